The van der Waals surface area contributed by atoms with E-state index >= 15 is 0 Å². The molecule has 0 saturated heterocycles. The Morgan fingerprint density at radius 2 is 1.88 bits per heavy atom. The Bertz CT molecular complexity index is 788. The van der Waals surface area contributed by atoms with Gasteiger partial charge in [-0.25, -0.2) is 8.78 Å². The average Bonchev–Trinajstić information content (AvgIpc) is 3.01. The predicted octanol–water partition coefficient (Wildman–Crippen LogP) is 4.38. The van der Waals surface area contributed by atoms with Crippen molar-refractivity contribution in [3.8, 4) is 11.8 Å². The molecule has 192 valence electrons. The molecule has 0 aromatic carbocycles. The number of hydrogen-bond acceptors (Lipinski definition) is 5. The molecule has 0 radical (unpaired) electrons. The van der Waals surface area contributed by atoms with Gasteiger partial charge < -0.3 is 16.2 Å². The van der Waals surface area contributed by atoms with Gasteiger partial charge in [0.1, 0.15) is 11.9 Å². The molecular formula is C27H44F2N4O. The number of fused-ring (bicyclic) bond motifs is 2. The number of allylic oxidation sites excluding steroid dienone is 3. The van der Waals surface area contributed by atoms with Gasteiger partial charge >= 0.3 is 0 Å². The predicted molar refractivity (Wildman–Crippen MR) is 137 cm³/mol. The molecule has 5 nitrogen and oxygen atoms in total. The molecule has 4 atom stereocenters. The highest BCUT2D eigenvalue weighted by molar-refractivity contribution is 6.09. The Labute approximate surface area is 204 Å². The van der Waals surface area contributed by atoms with Gasteiger partial charge in [0.15, 0.2) is 0 Å². The highest BCUT2D eigenvalue weighted by atomic mass is 19.3. The van der Waals surface area contributed by atoms with Crippen molar-refractivity contribution in [2.24, 2.45) is 28.5 Å². The molecule has 0 aromatic heterocycles. The molecule has 0 heterocycles. The molecular weight excluding hydrogens is 434 g/mol. The fraction of sp³-hybridized carbons (Fsp3) is 0.741. The third kappa shape index (κ3) is 8.79. The number of nitrogens with one attached hydrogen (secondary N) is 2. The largest absolute Gasteiger partial charge is 0.402 e. The van der Waals surface area contributed by atoms with Gasteiger partial charge in [0, 0.05) is 30.2 Å². The minimum Gasteiger partial charge on any atom is -0.402 e. The summed E-state index contributed by atoms with van der Waals surface area (Å²) in [6.07, 6.45) is 6.04. The number of nitrogens with zero attached hydrogens (tertiary/aromatic N) is 1. The van der Waals surface area contributed by atoms with Crippen molar-refractivity contribution in [3.63, 3.8) is 0 Å². The average molecular weight is 479 g/mol. The summed E-state index contributed by atoms with van der Waals surface area (Å²) in [5.41, 5.74) is 7.77. The molecule has 5 N–H and O–H groups in total. The van der Waals surface area contributed by atoms with Gasteiger partial charge in [-0.3, -0.25) is 10.3 Å². The van der Waals surface area contributed by atoms with E-state index < -0.39 is 12.2 Å². The lowest BCUT2D eigenvalue weighted by Crippen LogP contribution is -2.52. The van der Waals surface area contributed by atoms with Crippen LogP contribution in [-0.4, -0.2) is 48.1 Å². The van der Waals surface area contributed by atoms with Crippen molar-refractivity contribution < 1.29 is 13.9 Å². The fourth-order valence-electron chi connectivity index (χ4n) is 5.40. The number of hydrogen-bond donors (Lipinski definition) is 4. The summed E-state index contributed by atoms with van der Waals surface area (Å²) < 4.78 is 26.3. The van der Waals surface area contributed by atoms with Gasteiger partial charge in [0.25, 0.3) is 0 Å². The van der Waals surface area contributed by atoms with Crippen LogP contribution in [0.1, 0.15) is 72.6 Å². The molecule has 2 aliphatic carbocycles. The number of rotatable bonds is 11. The highest BCUT2D eigenvalue weighted by Crippen LogP contribution is 2.49. The molecule has 0 aromatic rings. The number of halogens is 2. The maximum atomic E-state index is 13.2. The topological polar surface area (TPSA) is 82.7 Å². The lowest BCUT2D eigenvalue weighted by Gasteiger charge is -2.37. The molecule has 2 bridgehead atoms. The second-order valence-corrected chi connectivity index (χ2v) is 10.4. The van der Waals surface area contributed by atoms with E-state index in [1.54, 1.807) is 6.08 Å². The molecule has 4 unspecified atom stereocenters. The van der Waals surface area contributed by atoms with Crippen LogP contribution in [0.4, 0.5) is 8.78 Å². The first-order chi connectivity index (χ1) is 15.9. The zero-order valence-corrected chi connectivity index (χ0v) is 21.5. The second-order valence-electron chi connectivity index (χ2n) is 10.4. The minimum absolute atomic E-state index is 0.0166. The first kappa shape index (κ1) is 28.5. The molecule has 2 fully saturated rings. The van der Waals surface area contributed by atoms with E-state index in [0.717, 1.165) is 44.6 Å². The number of nitrogens with two attached hydrogens (primary N) is 1. The SMILES string of the molecule is C=C(C#CC(C=C(N)CCC(C)(F)F)=NC(C)C)C1C2CCC1CC(NC(O)C(CC)NC)C2. The molecule has 0 aliphatic heterocycles. The van der Waals surface area contributed by atoms with Crippen LogP contribution in [0.25, 0.3) is 0 Å². The Morgan fingerprint density at radius 1 is 1.26 bits per heavy atom. The zero-order chi connectivity index (χ0) is 25.5. The van der Waals surface area contributed by atoms with Gasteiger partial charge in [-0.05, 0) is 102 Å². The van der Waals surface area contributed by atoms with Crippen LogP contribution in [0.3, 0.4) is 0 Å². The zero-order valence-electron chi connectivity index (χ0n) is 21.5. The summed E-state index contributed by atoms with van der Waals surface area (Å²) in [5.74, 6) is 4.93. The summed E-state index contributed by atoms with van der Waals surface area (Å²) in [6.45, 7) is 11.2. The molecule has 0 spiro atoms. The number of likely N-dealkylation sites (N-methyl/N-ethyl adjacent to an activating group) is 1. The van der Waals surface area contributed by atoms with E-state index in [1.807, 2.05) is 20.9 Å². The van der Waals surface area contributed by atoms with Crippen LogP contribution in [0, 0.1) is 29.6 Å². The lowest BCUT2D eigenvalue weighted by molar-refractivity contribution is 0.0132. The Morgan fingerprint density at radius 3 is 2.38 bits per heavy atom. The van der Waals surface area contributed by atoms with Crippen molar-refractivity contribution in [1.82, 2.24) is 10.6 Å². The van der Waals surface area contributed by atoms with Crippen molar-refractivity contribution in [3.05, 3.63) is 23.9 Å². The van der Waals surface area contributed by atoms with Gasteiger partial charge in [-0.1, -0.05) is 19.4 Å². The number of alkyl halides is 2. The van der Waals surface area contributed by atoms with E-state index in [0.29, 0.717) is 35.2 Å². The van der Waals surface area contributed by atoms with Gasteiger partial charge in [-0.2, -0.15) is 0 Å². The maximum Gasteiger partial charge on any atom is 0.245 e. The van der Waals surface area contributed by atoms with Crippen molar-refractivity contribution in [2.75, 3.05) is 7.05 Å². The van der Waals surface area contributed by atoms with E-state index in [-0.39, 0.29) is 24.9 Å². The van der Waals surface area contributed by atoms with Crippen molar-refractivity contribution >= 4 is 5.71 Å². The summed E-state index contributed by atoms with van der Waals surface area (Å²) >= 11 is 0. The third-order valence-corrected chi connectivity index (χ3v) is 7.02. The number of aliphatic hydroxyl groups is 1. The van der Waals surface area contributed by atoms with Crippen LogP contribution in [0.5, 0.6) is 0 Å². The number of aliphatic imine (C=N–C) groups is 1. The molecule has 2 saturated carbocycles. The second kappa shape index (κ2) is 12.8. The summed E-state index contributed by atoms with van der Waals surface area (Å²) in [6, 6.07) is 0.353. The van der Waals surface area contributed by atoms with Crippen LogP contribution < -0.4 is 16.4 Å². The summed E-state index contributed by atoms with van der Waals surface area (Å²) in [7, 11) is 1.88. The van der Waals surface area contributed by atoms with E-state index in [4.69, 9.17) is 5.73 Å². The van der Waals surface area contributed by atoms with Gasteiger partial charge in [-0.15, -0.1) is 0 Å². The van der Waals surface area contributed by atoms with Crippen LogP contribution in [-0.2, 0) is 0 Å². The van der Waals surface area contributed by atoms with Crippen molar-refractivity contribution in [1.29, 1.82) is 0 Å². The highest BCUT2D eigenvalue weighted by Gasteiger charge is 2.44. The first-order valence-corrected chi connectivity index (χ1v) is 12.7. The Kier molecular flexibility index (Phi) is 10.7. The van der Waals surface area contributed by atoms with Gasteiger partial charge in [0.05, 0.1) is 0 Å². The minimum atomic E-state index is -2.75. The first-order valence-electron chi connectivity index (χ1n) is 12.7. The molecule has 7 heteroatoms. The van der Waals surface area contributed by atoms with Crippen LogP contribution >= 0.6 is 0 Å². The van der Waals surface area contributed by atoms with Crippen molar-refractivity contribution in [2.45, 2.75) is 103 Å². The standard InChI is InChI=1S/C27H44F2N4O/c1-7-24(31-6)26(34)33-23-14-19-9-10-20(15-23)25(19)18(4)8-11-22(32-17(2)3)16-21(30)12-13-27(5,28)29/h16-17,19-20,23-26,31,33-34H,4,7,9-10,12-15,30H2,1-3,5-6H3. The fourth-order valence-corrected chi connectivity index (χ4v) is 5.40. The summed E-state index contributed by atoms with van der Waals surface area (Å²) in [4.78, 5) is 4.52. The smallest absolute Gasteiger partial charge is 0.245 e. The van der Waals surface area contributed by atoms with E-state index in [2.05, 4.69) is 41.0 Å². The Balaban J connectivity index is 2.05. The van der Waals surface area contributed by atoms with Crippen LogP contribution in [0.2, 0.25) is 0 Å². The normalized spacial score (nSPS) is 27.3. The monoisotopic (exact) mass is 478 g/mol. The lowest BCUT2D eigenvalue weighted by atomic mass is 9.73. The molecule has 2 rings (SSSR count). The van der Waals surface area contributed by atoms with Gasteiger partial charge in [0.2, 0.25) is 5.92 Å². The van der Waals surface area contributed by atoms with E-state index in [9.17, 15) is 13.9 Å². The molecule has 2 aliphatic rings. The number of aliphatic hydroxyl groups excluding tert-OH is 1. The Hall–Kier alpha value is -1.75. The molecule has 0 amide bonds. The molecule has 34 heavy (non-hydrogen) atoms. The maximum absolute atomic E-state index is 13.2. The van der Waals surface area contributed by atoms with E-state index in [1.165, 1.54) is 0 Å². The van der Waals surface area contributed by atoms with Crippen LogP contribution in [0.15, 0.2) is 28.9 Å². The quantitative estimate of drug-likeness (QED) is 0.202. The third-order valence-electron chi connectivity index (χ3n) is 7.02. The summed E-state index contributed by atoms with van der Waals surface area (Å²) in [5, 5.41) is 17.1.